The third-order valence-corrected chi connectivity index (χ3v) is 10.5. The molecule has 272 valence electrons. The molecule has 0 bridgehead atoms. The molecule has 0 atom stereocenters. The van der Waals surface area contributed by atoms with Gasteiger partial charge in [0, 0.05) is 14.2 Å². The van der Waals surface area contributed by atoms with E-state index < -0.39 is 35.0 Å². The molecule has 0 unspecified atom stereocenters. The van der Waals surface area contributed by atoms with Crippen molar-refractivity contribution in [1.82, 2.24) is 0 Å². The summed E-state index contributed by atoms with van der Waals surface area (Å²) in [6.07, 6.45) is 0. The number of hydrogen-bond donors (Lipinski definition) is 0. The van der Waals surface area contributed by atoms with Crippen LogP contribution in [0.1, 0.15) is 0 Å². The summed E-state index contributed by atoms with van der Waals surface area (Å²) < 4.78 is 107. The Morgan fingerprint density at radius 2 is 0.915 bits per heavy atom. The molecule has 0 heterocycles. The SMILES string of the molecule is COCCOCCOP(=O)(OCCOCCOC)c1ccccc1[PH+](c1ccccc1)c1ccccc1.[CH3-].[CH3-].[F][Sb-]([F])([F])([F])([F])[F].[Pd+2]. The van der Waals surface area contributed by atoms with Crippen LogP contribution in [0.3, 0.4) is 0 Å². The molecule has 0 aliphatic carbocycles. The zero-order valence-corrected chi connectivity index (χ0v) is 32.6. The van der Waals surface area contributed by atoms with Crippen LogP contribution in [-0.4, -0.2) is 86.5 Å². The average molecular weight is 920 g/mol. The monoisotopic (exact) mass is 918 g/mol. The van der Waals surface area contributed by atoms with Gasteiger partial charge in [0.05, 0.1) is 60.8 Å². The molecular formula is C30H43F6O7P2PdSb. The minimum Gasteiger partial charge on any atom is 2.00 e. The molecule has 7 nitrogen and oxygen atoms in total. The molecule has 0 aromatic heterocycles. The summed E-state index contributed by atoms with van der Waals surface area (Å²) in [6, 6.07) is 28.4. The van der Waals surface area contributed by atoms with Gasteiger partial charge in [-0.3, -0.25) is 4.57 Å². The van der Waals surface area contributed by atoms with Gasteiger partial charge in [0.1, 0.15) is 21.2 Å². The van der Waals surface area contributed by atoms with Gasteiger partial charge in [-0.2, -0.15) is 0 Å². The van der Waals surface area contributed by atoms with E-state index in [-0.39, 0.29) is 61.7 Å². The standard InChI is InChI=1S/C28H36O7P2.2CH3.6FH.Pd.Sb/c1-30-17-19-32-21-23-34-37(29,35-24-22-33-20-18-31-2)28-16-10-9-15-27(28)36(25-11-5-3-6-12-25)26-13-7-4-8-14-26;;;;;;;;;;/h3-16H,17-24H2,1-2H3;2*1H3;6*1H;;/q;2*-1;;;;;;;+2;+5/p-5. The maximum atomic E-state index is 14.4. The maximum absolute atomic E-state index is 14.4. The molecule has 3 aromatic carbocycles. The van der Waals surface area contributed by atoms with E-state index in [1.54, 1.807) is 14.2 Å². The molecule has 0 saturated carbocycles. The summed E-state index contributed by atoms with van der Waals surface area (Å²) in [6.45, 7) is 2.63. The quantitative estimate of drug-likeness (QED) is 0.0482. The van der Waals surface area contributed by atoms with Crippen molar-refractivity contribution in [3.8, 4) is 0 Å². The number of methoxy groups -OCH3 is 2. The van der Waals surface area contributed by atoms with E-state index in [0.717, 1.165) is 5.30 Å². The number of hydrogen-bond acceptors (Lipinski definition) is 7. The van der Waals surface area contributed by atoms with E-state index in [9.17, 15) is 21.4 Å². The summed E-state index contributed by atoms with van der Waals surface area (Å²) >= 11 is -11.2. The molecule has 0 saturated heterocycles. The fourth-order valence-corrected chi connectivity index (χ4v) is 8.69. The van der Waals surface area contributed by atoms with Crippen molar-refractivity contribution in [1.29, 1.82) is 0 Å². The van der Waals surface area contributed by atoms with E-state index in [2.05, 4.69) is 24.3 Å². The molecule has 3 aromatic rings. The van der Waals surface area contributed by atoms with Crippen LogP contribution in [0.15, 0.2) is 84.9 Å². The Hall–Kier alpha value is -0.859. The second-order valence-electron chi connectivity index (χ2n) is 8.96. The van der Waals surface area contributed by atoms with Crippen LogP contribution in [0.4, 0.5) is 16.9 Å². The van der Waals surface area contributed by atoms with E-state index in [4.69, 9.17) is 28.0 Å². The predicted molar refractivity (Wildman–Crippen MR) is 176 cm³/mol. The molecular weight excluding hydrogens is 876 g/mol. The molecule has 47 heavy (non-hydrogen) atoms. The first-order valence-electron chi connectivity index (χ1n) is 13.3. The van der Waals surface area contributed by atoms with Crippen molar-refractivity contribution in [2.45, 2.75) is 0 Å². The van der Waals surface area contributed by atoms with Crippen molar-refractivity contribution in [2.75, 3.05) is 67.1 Å². The van der Waals surface area contributed by atoms with Crippen LogP contribution >= 0.6 is 15.5 Å². The molecule has 0 aliphatic heterocycles. The molecule has 0 spiro atoms. The minimum absolute atomic E-state index is 0. The number of ether oxygens (including phenoxy) is 4. The van der Waals surface area contributed by atoms with Crippen LogP contribution in [0.2, 0.25) is 0 Å². The summed E-state index contributed by atoms with van der Waals surface area (Å²) in [7, 11) is -1.98. The van der Waals surface area contributed by atoms with Crippen LogP contribution in [0.5, 0.6) is 0 Å². The first-order valence-corrected chi connectivity index (χ1v) is 22.1. The van der Waals surface area contributed by atoms with Gasteiger partial charge < -0.3 is 42.8 Å². The van der Waals surface area contributed by atoms with Crippen LogP contribution < -0.4 is 21.2 Å². The maximum Gasteiger partial charge on any atom is 2.00 e. The predicted octanol–water partition coefficient (Wildman–Crippen LogP) is 6.39. The number of rotatable bonds is 18. The van der Waals surface area contributed by atoms with Crippen molar-refractivity contribution in [3.63, 3.8) is 0 Å². The Balaban J connectivity index is 0. The Morgan fingerprint density at radius 1 is 0.574 bits per heavy atom. The van der Waals surface area contributed by atoms with Gasteiger partial charge in [0.15, 0.2) is 0 Å². The third-order valence-electron chi connectivity index (χ3n) is 5.43. The van der Waals surface area contributed by atoms with Crippen molar-refractivity contribution >= 4 is 56.2 Å². The smallest absolute Gasteiger partial charge is 2.00 e. The van der Waals surface area contributed by atoms with Crippen LogP contribution in [0.25, 0.3) is 0 Å². The zero-order valence-electron chi connectivity index (χ0n) is 26.6. The van der Waals surface area contributed by atoms with Gasteiger partial charge in [-0.15, -0.1) is 0 Å². The van der Waals surface area contributed by atoms with E-state index >= 15 is 0 Å². The Bertz CT molecular complexity index is 1230. The Kier molecular flexibility index (Phi) is 22.6. The fourth-order valence-electron chi connectivity index (χ4n) is 3.71. The number of benzene rings is 3. The zero-order chi connectivity index (χ0) is 32.6. The third kappa shape index (κ3) is 21.8. The molecule has 0 fully saturated rings. The van der Waals surface area contributed by atoms with Gasteiger partial charge in [-0.1, -0.05) is 48.5 Å². The second kappa shape index (κ2) is 22.1. The Morgan fingerprint density at radius 3 is 1.30 bits per heavy atom. The second-order valence-corrected chi connectivity index (χ2v) is 18.9. The van der Waals surface area contributed by atoms with Crippen molar-refractivity contribution in [3.05, 3.63) is 99.8 Å². The van der Waals surface area contributed by atoms with Gasteiger partial charge in [-0.25, -0.2) is 0 Å². The topological polar surface area (TPSA) is 72.5 Å². The summed E-state index contributed by atoms with van der Waals surface area (Å²) in [4.78, 5) is 0. The Labute approximate surface area is 291 Å². The summed E-state index contributed by atoms with van der Waals surface area (Å²) in [5.74, 6) is 0. The van der Waals surface area contributed by atoms with Crippen LogP contribution in [-0.2, 0) is 53.0 Å². The van der Waals surface area contributed by atoms with Gasteiger partial charge in [-0.05, 0) is 36.4 Å². The van der Waals surface area contributed by atoms with E-state index in [1.807, 2.05) is 60.7 Å². The largest absolute Gasteiger partial charge is 2.00 e. The van der Waals surface area contributed by atoms with Crippen LogP contribution in [0, 0.1) is 14.9 Å². The molecule has 3 rings (SSSR count). The first-order chi connectivity index (χ1) is 20.6. The van der Waals surface area contributed by atoms with Crippen molar-refractivity contribution < 1.29 is 69.9 Å². The molecule has 0 radical (unpaired) electrons. The molecule has 0 aliphatic rings. The summed E-state index contributed by atoms with van der Waals surface area (Å²) in [5.41, 5.74) is 0. The number of halogens is 6. The van der Waals surface area contributed by atoms with E-state index in [1.165, 1.54) is 10.6 Å². The molecule has 17 heteroatoms. The van der Waals surface area contributed by atoms with Gasteiger partial charge in [0.25, 0.3) is 0 Å². The minimum atomic E-state index is -11.2. The fraction of sp³-hybridized carbons (Fsp3) is 0.333. The summed E-state index contributed by atoms with van der Waals surface area (Å²) in [5, 5.41) is 3.91. The van der Waals surface area contributed by atoms with E-state index in [0.29, 0.717) is 31.7 Å². The van der Waals surface area contributed by atoms with Gasteiger partial charge in [0.2, 0.25) is 0 Å². The average Bonchev–Trinajstić information content (AvgIpc) is 2.97. The molecule has 0 N–H and O–H groups in total. The van der Waals surface area contributed by atoms with Crippen molar-refractivity contribution in [2.24, 2.45) is 0 Å². The normalized spacial score (nSPS) is 12.7. The van der Waals surface area contributed by atoms with Gasteiger partial charge >= 0.3 is 64.4 Å². The first kappa shape index (κ1) is 48.3. The molecule has 0 amide bonds.